The van der Waals surface area contributed by atoms with Gasteiger partial charge >= 0.3 is 6.18 Å². The summed E-state index contributed by atoms with van der Waals surface area (Å²) < 4.78 is 38.1. The number of carbonyl (C=O) groups excluding carboxylic acids is 1. The van der Waals surface area contributed by atoms with Crippen LogP contribution >= 0.6 is 11.3 Å². The number of nitrogens with one attached hydrogen (secondary N) is 1. The first kappa shape index (κ1) is 15.1. The third kappa shape index (κ3) is 3.41. The van der Waals surface area contributed by atoms with Gasteiger partial charge in [-0.3, -0.25) is 4.79 Å². The van der Waals surface area contributed by atoms with E-state index in [4.69, 9.17) is 5.73 Å². The predicted molar refractivity (Wildman–Crippen MR) is 70.5 cm³/mol. The minimum Gasteiger partial charge on any atom is -0.375 e. The van der Waals surface area contributed by atoms with E-state index < -0.39 is 18.1 Å². The van der Waals surface area contributed by atoms with E-state index in [1.165, 1.54) is 0 Å². The molecule has 1 saturated carbocycles. The third-order valence-corrected chi connectivity index (χ3v) is 4.48. The number of thiazole rings is 1. The molecule has 1 amide bonds. The van der Waals surface area contributed by atoms with Gasteiger partial charge in [0.1, 0.15) is 4.88 Å². The highest BCUT2D eigenvalue weighted by Gasteiger charge is 2.42. The second-order valence-corrected chi connectivity index (χ2v) is 6.07. The standard InChI is InChI=1S/C12H16F3N3OS/c1-6-9(20-11(16)17-6)10(19)18-8-4-2-3-7(5-8)12(13,14)15/h7-8H,2-5H2,1H3,(H2,16,17)(H,18,19). The van der Waals surface area contributed by atoms with Gasteiger partial charge in [-0.1, -0.05) is 17.8 Å². The minimum absolute atomic E-state index is 0.0530. The molecule has 20 heavy (non-hydrogen) atoms. The molecule has 2 atom stereocenters. The fraction of sp³-hybridized carbons (Fsp3) is 0.667. The van der Waals surface area contributed by atoms with E-state index >= 15 is 0 Å². The second kappa shape index (κ2) is 5.59. The number of rotatable bonds is 2. The average Bonchev–Trinajstić information content (AvgIpc) is 2.68. The van der Waals surface area contributed by atoms with Crippen LogP contribution in [-0.2, 0) is 0 Å². The summed E-state index contributed by atoms with van der Waals surface area (Å²) in [6.45, 7) is 1.65. The smallest absolute Gasteiger partial charge is 0.375 e. The normalized spacial score (nSPS) is 23.6. The number of halogens is 3. The topological polar surface area (TPSA) is 68.0 Å². The zero-order chi connectivity index (χ0) is 14.9. The zero-order valence-corrected chi connectivity index (χ0v) is 11.8. The van der Waals surface area contributed by atoms with Crippen LogP contribution in [-0.4, -0.2) is 23.1 Å². The molecule has 0 spiro atoms. The Morgan fingerprint density at radius 1 is 1.45 bits per heavy atom. The van der Waals surface area contributed by atoms with Gasteiger partial charge in [0.15, 0.2) is 5.13 Å². The zero-order valence-electron chi connectivity index (χ0n) is 11.0. The van der Waals surface area contributed by atoms with E-state index in [1.54, 1.807) is 6.92 Å². The molecule has 1 aliphatic carbocycles. The first-order chi connectivity index (χ1) is 9.27. The fourth-order valence-corrected chi connectivity index (χ4v) is 3.23. The summed E-state index contributed by atoms with van der Waals surface area (Å²) in [6, 6.07) is -0.439. The summed E-state index contributed by atoms with van der Waals surface area (Å²) in [5.41, 5.74) is 6.02. The first-order valence-electron chi connectivity index (χ1n) is 6.38. The Morgan fingerprint density at radius 2 is 2.15 bits per heavy atom. The van der Waals surface area contributed by atoms with Crippen molar-refractivity contribution in [3.8, 4) is 0 Å². The Morgan fingerprint density at radius 3 is 2.70 bits per heavy atom. The van der Waals surface area contributed by atoms with Gasteiger partial charge in [0, 0.05) is 6.04 Å². The fourth-order valence-electron chi connectivity index (χ4n) is 2.50. The highest BCUT2D eigenvalue weighted by Crippen LogP contribution is 2.37. The molecule has 1 aliphatic rings. The largest absolute Gasteiger partial charge is 0.391 e. The van der Waals surface area contributed by atoms with E-state index in [0.29, 0.717) is 23.4 Å². The van der Waals surface area contributed by atoms with Crippen LogP contribution in [0.25, 0.3) is 0 Å². The number of aromatic nitrogens is 1. The van der Waals surface area contributed by atoms with Crippen molar-refractivity contribution in [1.82, 2.24) is 10.3 Å². The molecule has 0 aliphatic heterocycles. The SMILES string of the molecule is Cc1nc(N)sc1C(=O)NC1CCCC(C(F)(F)F)C1. The van der Waals surface area contributed by atoms with Gasteiger partial charge in [-0.25, -0.2) is 4.98 Å². The molecule has 0 bridgehead atoms. The summed E-state index contributed by atoms with van der Waals surface area (Å²) in [4.78, 5) is 16.3. The Hall–Kier alpha value is -1.31. The van der Waals surface area contributed by atoms with Gasteiger partial charge in [-0.05, 0) is 26.2 Å². The predicted octanol–water partition coefficient (Wildman–Crippen LogP) is 2.88. The molecule has 2 unspecified atom stereocenters. The highest BCUT2D eigenvalue weighted by molar-refractivity contribution is 7.17. The number of anilines is 1. The highest BCUT2D eigenvalue weighted by atomic mass is 32.1. The Labute approximate surface area is 118 Å². The molecular weight excluding hydrogens is 291 g/mol. The van der Waals surface area contributed by atoms with Gasteiger partial charge in [0.05, 0.1) is 11.6 Å². The van der Waals surface area contributed by atoms with Crippen LogP contribution in [0, 0.1) is 12.8 Å². The molecule has 1 heterocycles. The maximum Gasteiger partial charge on any atom is 0.391 e. The molecule has 1 fully saturated rings. The Balaban J connectivity index is 1.99. The lowest BCUT2D eigenvalue weighted by atomic mass is 9.85. The number of aryl methyl sites for hydroxylation is 1. The summed E-state index contributed by atoms with van der Waals surface area (Å²) in [7, 11) is 0. The van der Waals surface area contributed by atoms with Crippen LogP contribution in [0.2, 0.25) is 0 Å². The van der Waals surface area contributed by atoms with Gasteiger partial charge in [-0.15, -0.1) is 0 Å². The van der Waals surface area contributed by atoms with Crippen LogP contribution in [0.15, 0.2) is 0 Å². The number of nitrogen functional groups attached to an aromatic ring is 1. The van der Waals surface area contributed by atoms with Crippen molar-refractivity contribution in [3.05, 3.63) is 10.6 Å². The number of nitrogens with zero attached hydrogens (tertiary/aromatic N) is 1. The van der Waals surface area contributed by atoms with Gasteiger partial charge in [0.25, 0.3) is 5.91 Å². The lowest BCUT2D eigenvalue weighted by Gasteiger charge is -2.30. The monoisotopic (exact) mass is 307 g/mol. The Bertz CT molecular complexity index is 501. The summed E-state index contributed by atoms with van der Waals surface area (Å²) in [5.74, 6) is -1.71. The van der Waals surface area contributed by atoms with Crippen LogP contribution in [0.1, 0.15) is 41.0 Å². The summed E-state index contributed by atoms with van der Waals surface area (Å²) >= 11 is 1.05. The van der Waals surface area contributed by atoms with Crippen LogP contribution < -0.4 is 11.1 Å². The number of hydrogen-bond donors (Lipinski definition) is 2. The first-order valence-corrected chi connectivity index (χ1v) is 7.19. The average molecular weight is 307 g/mol. The number of amides is 1. The molecule has 0 radical (unpaired) electrons. The molecule has 4 nitrogen and oxygen atoms in total. The maximum absolute atomic E-state index is 12.7. The number of carbonyl (C=O) groups is 1. The summed E-state index contributed by atoms with van der Waals surface area (Å²) in [6.07, 6.45) is -3.05. The molecule has 0 aromatic carbocycles. The van der Waals surface area contributed by atoms with Crippen molar-refractivity contribution in [1.29, 1.82) is 0 Å². The second-order valence-electron chi connectivity index (χ2n) is 5.04. The van der Waals surface area contributed by atoms with Crippen molar-refractivity contribution in [3.63, 3.8) is 0 Å². The van der Waals surface area contributed by atoms with Gasteiger partial charge in [-0.2, -0.15) is 13.2 Å². The molecular formula is C12H16F3N3OS. The summed E-state index contributed by atoms with van der Waals surface area (Å²) in [5, 5.41) is 2.95. The number of alkyl halides is 3. The minimum atomic E-state index is -4.19. The lowest BCUT2D eigenvalue weighted by Crippen LogP contribution is -2.41. The van der Waals surface area contributed by atoms with Crippen molar-refractivity contribution >= 4 is 22.4 Å². The van der Waals surface area contributed by atoms with Crippen molar-refractivity contribution in [2.75, 3.05) is 5.73 Å². The van der Waals surface area contributed by atoms with Crippen LogP contribution in [0.5, 0.6) is 0 Å². The van der Waals surface area contributed by atoms with E-state index in [2.05, 4.69) is 10.3 Å². The van der Waals surface area contributed by atoms with E-state index in [-0.39, 0.29) is 23.9 Å². The van der Waals surface area contributed by atoms with Gasteiger partial charge < -0.3 is 11.1 Å². The number of nitrogens with two attached hydrogens (primary N) is 1. The number of hydrogen-bond acceptors (Lipinski definition) is 4. The van der Waals surface area contributed by atoms with E-state index in [0.717, 1.165) is 11.3 Å². The van der Waals surface area contributed by atoms with Crippen molar-refractivity contribution < 1.29 is 18.0 Å². The van der Waals surface area contributed by atoms with E-state index in [9.17, 15) is 18.0 Å². The molecule has 1 aromatic rings. The van der Waals surface area contributed by atoms with Crippen LogP contribution in [0.3, 0.4) is 0 Å². The molecule has 0 saturated heterocycles. The third-order valence-electron chi connectivity index (χ3n) is 3.49. The molecule has 1 aromatic heterocycles. The maximum atomic E-state index is 12.7. The molecule has 112 valence electrons. The van der Waals surface area contributed by atoms with Crippen LogP contribution in [0.4, 0.5) is 18.3 Å². The van der Waals surface area contributed by atoms with Gasteiger partial charge in [0.2, 0.25) is 0 Å². The molecule has 3 N–H and O–H groups in total. The van der Waals surface area contributed by atoms with Crippen molar-refractivity contribution in [2.24, 2.45) is 5.92 Å². The Kier molecular flexibility index (Phi) is 4.22. The lowest BCUT2D eigenvalue weighted by molar-refractivity contribution is -0.183. The van der Waals surface area contributed by atoms with E-state index in [1.807, 2.05) is 0 Å². The van der Waals surface area contributed by atoms with Crippen molar-refractivity contribution in [2.45, 2.75) is 44.8 Å². The quantitative estimate of drug-likeness (QED) is 0.883. The molecule has 2 rings (SSSR count). The molecule has 8 heteroatoms.